The number of carbonyl (C=O) groups is 1. The molecule has 2 aromatic carbocycles. The SMILES string of the molecule is COc1cc(/C=C/C(=O)OCc2nc3scc(-c4ccccc4)c3c(=O)[nH]2)cc(Cl)c1OC. The third kappa shape index (κ3) is 4.92. The minimum atomic E-state index is -0.597. The summed E-state index contributed by atoms with van der Waals surface area (Å²) >= 11 is 7.54. The van der Waals surface area contributed by atoms with Gasteiger partial charge in [0.2, 0.25) is 0 Å². The molecule has 2 heterocycles. The van der Waals surface area contributed by atoms with Crippen LogP contribution in [0, 0.1) is 0 Å². The van der Waals surface area contributed by atoms with Gasteiger partial charge in [-0.25, -0.2) is 9.78 Å². The number of halogens is 1. The molecule has 0 saturated carbocycles. The van der Waals surface area contributed by atoms with Crippen LogP contribution in [0.15, 0.2) is 58.7 Å². The highest BCUT2D eigenvalue weighted by Crippen LogP contribution is 2.36. The van der Waals surface area contributed by atoms with Crippen LogP contribution in [0.4, 0.5) is 0 Å². The van der Waals surface area contributed by atoms with Crippen molar-refractivity contribution in [1.82, 2.24) is 9.97 Å². The lowest BCUT2D eigenvalue weighted by Crippen LogP contribution is -2.13. The van der Waals surface area contributed by atoms with Gasteiger partial charge in [0.05, 0.1) is 24.6 Å². The smallest absolute Gasteiger partial charge is 0.331 e. The predicted octanol–water partition coefficient (Wildman–Crippen LogP) is 5.08. The molecule has 0 amide bonds. The minimum absolute atomic E-state index is 0.167. The summed E-state index contributed by atoms with van der Waals surface area (Å²) in [6.07, 6.45) is 2.80. The van der Waals surface area contributed by atoms with E-state index in [-0.39, 0.29) is 18.0 Å². The quantitative estimate of drug-likeness (QED) is 0.292. The number of carbonyl (C=O) groups excluding carboxylic acids is 1. The van der Waals surface area contributed by atoms with Gasteiger partial charge in [-0.1, -0.05) is 41.9 Å². The zero-order valence-electron chi connectivity index (χ0n) is 17.8. The molecular weight excluding hydrogens is 464 g/mol. The summed E-state index contributed by atoms with van der Waals surface area (Å²) in [6, 6.07) is 12.9. The summed E-state index contributed by atoms with van der Waals surface area (Å²) in [5, 5.41) is 2.77. The van der Waals surface area contributed by atoms with Gasteiger partial charge in [0, 0.05) is 17.0 Å². The maximum atomic E-state index is 12.7. The summed E-state index contributed by atoms with van der Waals surface area (Å²) in [4.78, 5) is 32.6. The number of methoxy groups -OCH3 is 2. The highest BCUT2D eigenvalue weighted by Gasteiger charge is 2.14. The van der Waals surface area contributed by atoms with Gasteiger partial charge in [0.25, 0.3) is 5.56 Å². The van der Waals surface area contributed by atoms with Gasteiger partial charge in [-0.05, 0) is 29.3 Å². The van der Waals surface area contributed by atoms with Crippen LogP contribution < -0.4 is 15.0 Å². The Bertz CT molecular complexity index is 1400. The summed E-state index contributed by atoms with van der Waals surface area (Å²) < 4.78 is 15.7. The average molecular weight is 483 g/mol. The standard InChI is InChI=1S/C24H19ClN2O5S/c1-30-18-11-14(10-17(25)22(18)31-2)8-9-20(28)32-12-19-26-23(29)21-16(13-33-24(21)27-19)15-6-4-3-5-7-15/h3-11,13H,12H2,1-2H3,(H,26,27,29)/b9-8+. The molecule has 7 nitrogen and oxygen atoms in total. The Balaban J connectivity index is 1.47. The average Bonchev–Trinajstić information content (AvgIpc) is 3.26. The Morgan fingerprint density at radius 1 is 1.18 bits per heavy atom. The maximum Gasteiger partial charge on any atom is 0.331 e. The lowest BCUT2D eigenvalue weighted by molar-refractivity contribution is -0.139. The fraction of sp³-hybridized carbons (Fsp3) is 0.125. The molecule has 0 aliphatic carbocycles. The molecule has 4 aromatic rings. The summed E-state index contributed by atoms with van der Waals surface area (Å²) in [5.41, 5.74) is 2.12. The van der Waals surface area contributed by atoms with Crippen molar-refractivity contribution in [3.8, 4) is 22.6 Å². The number of rotatable bonds is 7. The lowest BCUT2D eigenvalue weighted by Gasteiger charge is -2.10. The van der Waals surface area contributed by atoms with Crippen LogP contribution in [0.2, 0.25) is 5.02 Å². The molecule has 1 N–H and O–H groups in total. The van der Waals surface area contributed by atoms with Crippen LogP contribution >= 0.6 is 22.9 Å². The van der Waals surface area contributed by atoms with E-state index in [0.29, 0.717) is 32.3 Å². The molecular formula is C24H19ClN2O5S. The Kier molecular flexibility index (Phi) is 6.76. The van der Waals surface area contributed by atoms with E-state index in [9.17, 15) is 9.59 Å². The first kappa shape index (κ1) is 22.6. The molecule has 33 heavy (non-hydrogen) atoms. The topological polar surface area (TPSA) is 90.5 Å². The van der Waals surface area contributed by atoms with Crippen molar-refractivity contribution >= 4 is 45.2 Å². The molecule has 0 radical (unpaired) electrons. The van der Waals surface area contributed by atoms with E-state index in [1.54, 1.807) is 18.2 Å². The predicted molar refractivity (Wildman–Crippen MR) is 129 cm³/mol. The second kappa shape index (κ2) is 9.89. The third-order valence-corrected chi connectivity index (χ3v) is 5.95. The highest BCUT2D eigenvalue weighted by molar-refractivity contribution is 7.17. The van der Waals surface area contributed by atoms with Gasteiger partial charge in [0.15, 0.2) is 11.5 Å². The highest BCUT2D eigenvalue weighted by atomic mass is 35.5. The molecule has 0 aliphatic rings. The van der Waals surface area contributed by atoms with E-state index < -0.39 is 5.97 Å². The van der Waals surface area contributed by atoms with Crippen molar-refractivity contribution in [3.63, 3.8) is 0 Å². The number of H-pyrrole nitrogens is 1. The second-order valence-electron chi connectivity index (χ2n) is 6.89. The van der Waals surface area contributed by atoms with Crippen LogP contribution in [0.5, 0.6) is 11.5 Å². The number of thiophene rings is 1. The van der Waals surface area contributed by atoms with Crippen molar-refractivity contribution in [1.29, 1.82) is 0 Å². The second-order valence-corrected chi connectivity index (χ2v) is 8.15. The van der Waals surface area contributed by atoms with Crippen LogP contribution in [0.25, 0.3) is 27.4 Å². The van der Waals surface area contributed by atoms with Gasteiger partial charge in [-0.3, -0.25) is 4.79 Å². The monoisotopic (exact) mass is 482 g/mol. The van der Waals surface area contributed by atoms with E-state index in [0.717, 1.165) is 11.1 Å². The number of ether oxygens (including phenoxy) is 3. The van der Waals surface area contributed by atoms with Crippen LogP contribution in [0.1, 0.15) is 11.4 Å². The van der Waals surface area contributed by atoms with Crippen LogP contribution in [0.3, 0.4) is 0 Å². The van der Waals surface area contributed by atoms with Crippen LogP contribution in [-0.4, -0.2) is 30.2 Å². The van der Waals surface area contributed by atoms with Crippen molar-refractivity contribution in [2.45, 2.75) is 6.61 Å². The number of benzene rings is 2. The zero-order valence-corrected chi connectivity index (χ0v) is 19.3. The Hall–Kier alpha value is -3.62. The van der Waals surface area contributed by atoms with Gasteiger partial charge in [-0.2, -0.15) is 0 Å². The van der Waals surface area contributed by atoms with E-state index in [4.69, 9.17) is 25.8 Å². The Labute approximate surface area is 198 Å². The maximum absolute atomic E-state index is 12.7. The largest absolute Gasteiger partial charge is 0.493 e. The van der Waals surface area contributed by atoms with Crippen molar-refractivity contribution in [2.75, 3.05) is 14.2 Å². The molecule has 0 spiro atoms. The normalized spacial score (nSPS) is 11.1. The first-order valence-electron chi connectivity index (χ1n) is 9.82. The van der Waals surface area contributed by atoms with Gasteiger partial charge in [0.1, 0.15) is 17.3 Å². The van der Waals surface area contributed by atoms with Crippen molar-refractivity contribution < 1.29 is 19.0 Å². The molecule has 0 atom stereocenters. The summed E-state index contributed by atoms with van der Waals surface area (Å²) in [7, 11) is 2.99. The van der Waals surface area contributed by atoms with E-state index in [1.165, 1.54) is 31.6 Å². The molecule has 0 bridgehead atoms. The van der Waals surface area contributed by atoms with E-state index in [1.807, 2.05) is 35.7 Å². The number of aromatic nitrogens is 2. The number of aromatic amines is 1. The van der Waals surface area contributed by atoms with Crippen LogP contribution in [-0.2, 0) is 16.1 Å². The molecule has 2 aromatic heterocycles. The number of nitrogens with zero attached hydrogens (tertiary/aromatic N) is 1. The Morgan fingerprint density at radius 3 is 2.70 bits per heavy atom. The Morgan fingerprint density at radius 2 is 1.97 bits per heavy atom. The number of esters is 1. The number of hydrogen-bond acceptors (Lipinski definition) is 7. The third-order valence-electron chi connectivity index (χ3n) is 4.80. The van der Waals surface area contributed by atoms with E-state index in [2.05, 4.69) is 9.97 Å². The van der Waals surface area contributed by atoms with Gasteiger partial charge >= 0.3 is 5.97 Å². The molecule has 0 saturated heterocycles. The molecule has 0 aliphatic heterocycles. The number of hydrogen-bond donors (Lipinski definition) is 1. The van der Waals surface area contributed by atoms with Gasteiger partial charge in [-0.15, -0.1) is 11.3 Å². The number of nitrogens with one attached hydrogen (secondary N) is 1. The first-order valence-corrected chi connectivity index (χ1v) is 11.1. The summed E-state index contributed by atoms with van der Waals surface area (Å²) in [5.74, 6) is 0.525. The fourth-order valence-corrected chi connectivity index (χ4v) is 4.54. The minimum Gasteiger partial charge on any atom is -0.493 e. The molecule has 0 fully saturated rings. The summed E-state index contributed by atoms with van der Waals surface area (Å²) in [6.45, 7) is -0.167. The van der Waals surface area contributed by atoms with Crippen molar-refractivity contribution in [2.24, 2.45) is 0 Å². The number of fused-ring (bicyclic) bond motifs is 1. The fourth-order valence-electron chi connectivity index (χ4n) is 3.28. The molecule has 9 heteroatoms. The zero-order chi connectivity index (χ0) is 23.4. The van der Waals surface area contributed by atoms with Crippen molar-refractivity contribution in [3.05, 3.63) is 80.7 Å². The molecule has 4 rings (SSSR count). The molecule has 168 valence electrons. The molecule has 0 unspecified atom stereocenters. The first-order chi connectivity index (χ1) is 16.0. The van der Waals surface area contributed by atoms with E-state index >= 15 is 0 Å². The van der Waals surface area contributed by atoms with Gasteiger partial charge < -0.3 is 19.2 Å². The lowest BCUT2D eigenvalue weighted by atomic mass is 10.1.